The van der Waals surface area contributed by atoms with Gasteiger partial charge >= 0.3 is 0 Å². The molecule has 0 bridgehead atoms. The van der Waals surface area contributed by atoms with E-state index in [1.54, 1.807) is 25.2 Å². The lowest BCUT2D eigenvalue weighted by Gasteiger charge is -2.04. The molecule has 0 saturated heterocycles. The minimum absolute atomic E-state index is 0.151. The van der Waals surface area contributed by atoms with E-state index in [-0.39, 0.29) is 17.4 Å². The Morgan fingerprint density at radius 1 is 1.50 bits per heavy atom. The molecule has 1 aromatic carbocycles. The molecular weight excluding hydrogens is 263 g/mol. The van der Waals surface area contributed by atoms with Gasteiger partial charge in [-0.2, -0.15) is 10.3 Å². The second-order valence-electron chi connectivity index (χ2n) is 4.04. The van der Waals surface area contributed by atoms with Gasteiger partial charge in [-0.1, -0.05) is 12.1 Å². The van der Waals surface area contributed by atoms with E-state index in [1.165, 1.54) is 13.2 Å². The Morgan fingerprint density at radius 2 is 2.30 bits per heavy atom. The van der Waals surface area contributed by atoms with Crippen LogP contribution in [0, 0.1) is 24.2 Å². The highest BCUT2D eigenvalue weighted by atomic mass is 19.1. The molecule has 0 amide bonds. The van der Waals surface area contributed by atoms with Gasteiger partial charge in [-0.15, -0.1) is 0 Å². The number of aliphatic imine (C=N–C) groups is 1. The molecule has 0 aliphatic carbocycles. The van der Waals surface area contributed by atoms with Crippen molar-refractivity contribution in [3.8, 4) is 12.1 Å². The van der Waals surface area contributed by atoms with E-state index in [9.17, 15) is 4.39 Å². The van der Waals surface area contributed by atoms with Gasteiger partial charge < -0.3 is 4.74 Å². The second kappa shape index (κ2) is 5.93. The van der Waals surface area contributed by atoms with Crippen molar-refractivity contribution >= 4 is 5.71 Å². The first kappa shape index (κ1) is 13.7. The van der Waals surface area contributed by atoms with Crippen LogP contribution in [-0.4, -0.2) is 23.1 Å². The second-order valence-corrected chi connectivity index (χ2v) is 4.04. The fourth-order valence-electron chi connectivity index (χ4n) is 1.74. The first-order chi connectivity index (χ1) is 9.65. The smallest absolute Gasteiger partial charge is 0.284 e. The van der Waals surface area contributed by atoms with E-state index in [2.05, 4.69) is 19.9 Å². The van der Waals surface area contributed by atoms with Gasteiger partial charge in [0.2, 0.25) is 6.19 Å². The van der Waals surface area contributed by atoms with Crippen molar-refractivity contribution in [1.82, 2.24) is 10.3 Å². The van der Waals surface area contributed by atoms with E-state index in [4.69, 9.17) is 10.00 Å². The molecule has 0 atom stereocenters. The number of nitriles is 1. The molecule has 0 N–H and O–H groups in total. The number of hydrogen-bond donors (Lipinski definition) is 0. The van der Waals surface area contributed by atoms with Crippen LogP contribution in [0.4, 0.5) is 4.39 Å². The summed E-state index contributed by atoms with van der Waals surface area (Å²) in [7, 11) is 1.41. The predicted octanol–water partition coefficient (Wildman–Crippen LogP) is 2.04. The third kappa shape index (κ3) is 2.80. The Bertz CT molecular complexity index is 688. The number of hydrogen-bond acceptors (Lipinski definition) is 6. The molecular formula is C13H11FN4O2. The van der Waals surface area contributed by atoms with E-state index < -0.39 is 0 Å². The van der Waals surface area contributed by atoms with Gasteiger partial charge in [0.25, 0.3) is 5.88 Å². The van der Waals surface area contributed by atoms with E-state index in [0.717, 1.165) is 5.56 Å². The summed E-state index contributed by atoms with van der Waals surface area (Å²) in [6, 6.07) is 4.67. The van der Waals surface area contributed by atoms with Crippen molar-refractivity contribution < 1.29 is 13.8 Å². The molecule has 6 nitrogen and oxygen atoms in total. The first-order valence-corrected chi connectivity index (χ1v) is 5.73. The normalized spacial score (nSPS) is 11.2. The fourth-order valence-corrected chi connectivity index (χ4v) is 1.74. The van der Waals surface area contributed by atoms with Crippen molar-refractivity contribution in [2.45, 2.75) is 13.3 Å². The Kier molecular flexibility index (Phi) is 4.05. The van der Waals surface area contributed by atoms with E-state index in [0.29, 0.717) is 17.7 Å². The van der Waals surface area contributed by atoms with Gasteiger partial charge in [-0.25, -0.2) is 9.02 Å². The zero-order chi connectivity index (χ0) is 14.5. The number of aryl methyl sites for hydroxylation is 1. The van der Waals surface area contributed by atoms with Gasteiger partial charge in [0.15, 0.2) is 5.69 Å². The molecule has 0 saturated carbocycles. The Hall–Kier alpha value is -2.75. The summed E-state index contributed by atoms with van der Waals surface area (Å²) < 4.78 is 22.8. The number of benzene rings is 1. The maximum Gasteiger partial charge on any atom is 0.284 e. The van der Waals surface area contributed by atoms with Gasteiger partial charge in [0.05, 0.1) is 12.8 Å². The molecule has 1 aromatic heterocycles. The van der Waals surface area contributed by atoms with E-state index >= 15 is 0 Å². The lowest BCUT2D eigenvalue weighted by molar-refractivity contribution is 0.281. The van der Waals surface area contributed by atoms with Crippen LogP contribution in [0.5, 0.6) is 5.88 Å². The van der Waals surface area contributed by atoms with Crippen LogP contribution in [-0.2, 0) is 6.42 Å². The highest BCUT2D eigenvalue weighted by Crippen LogP contribution is 2.17. The summed E-state index contributed by atoms with van der Waals surface area (Å²) in [5, 5.41) is 16.0. The van der Waals surface area contributed by atoms with Crippen LogP contribution in [0.2, 0.25) is 0 Å². The first-order valence-electron chi connectivity index (χ1n) is 5.73. The minimum atomic E-state index is -0.284. The number of ether oxygens (including phenoxy) is 1. The molecule has 0 unspecified atom stereocenters. The summed E-state index contributed by atoms with van der Waals surface area (Å²) in [6.07, 6.45) is 1.99. The zero-order valence-corrected chi connectivity index (χ0v) is 10.9. The molecule has 2 aromatic rings. The van der Waals surface area contributed by atoms with Crippen molar-refractivity contribution in [3.05, 3.63) is 40.8 Å². The monoisotopic (exact) mass is 274 g/mol. The van der Waals surface area contributed by atoms with Gasteiger partial charge in [0.1, 0.15) is 5.82 Å². The van der Waals surface area contributed by atoms with Gasteiger partial charge in [0, 0.05) is 6.42 Å². The Labute approximate surface area is 114 Å². The number of methoxy groups -OCH3 is 1. The molecule has 2 rings (SSSR count). The molecule has 1 heterocycles. The average Bonchev–Trinajstić information content (AvgIpc) is 2.90. The summed E-state index contributed by atoms with van der Waals surface area (Å²) in [5.41, 5.74) is 1.92. The Balaban J connectivity index is 2.34. The topological polar surface area (TPSA) is 84.3 Å². The van der Waals surface area contributed by atoms with Crippen LogP contribution in [0.15, 0.2) is 27.8 Å². The zero-order valence-electron chi connectivity index (χ0n) is 10.9. The quantitative estimate of drug-likeness (QED) is 0.629. The largest absolute Gasteiger partial charge is 0.477 e. The van der Waals surface area contributed by atoms with Crippen molar-refractivity contribution in [1.29, 1.82) is 5.26 Å². The number of halogens is 1. The van der Waals surface area contributed by atoms with Gasteiger partial charge in [-0.3, -0.25) is 0 Å². The Morgan fingerprint density at radius 3 is 2.95 bits per heavy atom. The standard InChI is InChI=1S/C13H11FN4O2/c1-8-5-9(3-4-10(8)14)6-11(16-7-15)12-13(19-2)18-20-17-12/h3-5H,6H2,1-2H3. The van der Waals surface area contributed by atoms with Crippen LogP contribution in [0.25, 0.3) is 0 Å². The van der Waals surface area contributed by atoms with Crippen LogP contribution in [0.1, 0.15) is 16.8 Å². The SMILES string of the molecule is COc1nonc1C(Cc1ccc(F)c(C)c1)=NC#N. The lowest BCUT2D eigenvalue weighted by atomic mass is 10.0. The van der Waals surface area contributed by atoms with Crippen molar-refractivity contribution in [2.75, 3.05) is 7.11 Å². The molecule has 0 aliphatic rings. The number of rotatable bonds is 4. The van der Waals surface area contributed by atoms with Crippen LogP contribution >= 0.6 is 0 Å². The molecule has 7 heteroatoms. The maximum absolute atomic E-state index is 13.2. The van der Waals surface area contributed by atoms with Crippen molar-refractivity contribution in [2.24, 2.45) is 4.99 Å². The summed E-state index contributed by atoms with van der Waals surface area (Å²) in [5.74, 6) is -0.133. The summed E-state index contributed by atoms with van der Waals surface area (Å²) in [4.78, 5) is 3.71. The number of nitrogens with zero attached hydrogens (tertiary/aromatic N) is 4. The molecule has 102 valence electrons. The highest BCUT2D eigenvalue weighted by molar-refractivity contribution is 6.02. The molecule has 20 heavy (non-hydrogen) atoms. The molecule has 0 aliphatic heterocycles. The average molecular weight is 274 g/mol. The van der Waals surface area contributed by atoms with Gasteiger partial charge in [-0.05, 0) is 34.4 Å². The fraction of sp³-hybridized carbons (Fsp3) is 0.231. The van der Waals surface area contributed by atoms with Crippen LogP contribution in [0.3, 0.4) is 0 Å². The van der Waals surface area contributed by atoms with Crippen molar-refractivity contribution in [3.63, 3.8) is 0 Å². The minimum Gasteiger partial charge on any atom is -0.477 e. The highest BCUT2D eigenvalue weighted by Gasteiger charge is 2.18. The maximum atomic E-state index is 13.2. The molecule has 0 radical (unpaired) electrons. The van der Waals surface area contributed by atoms with Crippen LogP contribution < -0.4 is 4.74 Å². The third-order valence-corrected chi connectivity index (χ3v) is 2.70. The molecule has 0 fully saturated rings. The number of aromatic nitrogens is 2. The van der Waals surface area contributed by atoms with E-state index in [1.807, 2.05) is 0 Å². The molecule has 0 spiro atoms. The lowest BCUT2D eigenvalue weighted by Crippen LogP contribution is -2.08. The summed E-state index contributed by atoms with van der Waals surface area (Å²) in [6.45, 7) is 1.66. The summed E-state index contributed by atoms with van der Waals surface area (Å²) >= 11 is 0. The predicted molar refractivity (Wildman–Crippen MR) is 67.8 cm³/mol. The third-order valence-electron chi connectivity index (χ3n) is 2.70.